The van der Waals surface area contributed by atoms with Crippen LogP contribution < -0.4 is 10.6 Å². The van der Waals surface area contributed by atoms with Crippen LogP contribution in [-0.2, 0) is 11.3 Å². The number of amides is 1. The van der Waals surface area contributed by atoms with Crippen LogP contribution in [-0.4, -0.2) is 36.4 Å². The van der Waals surface area contributed by atoms with Crippen molar-refractivity contribution < 1.29 is 9.53 Å². The van der Waals surface area contributed by atoms with Gasteiger partial charge in [-0.2, -0.15) is 0 Å². The van der Waals surface area contributed by atoms with Crippen LogP contribution in [0.5, 0.6) is 0 Å². The lowest BCUT2D eigenvalue weighted by atomic mass is 10.2. The quantitative estimate of drug-likeness (QED) is 0.728. The van der Waals surface area contributed by atoms with Gasteiger partial charge in [-0.3, -0.25) is 4.79 Å². The van der Waals surface area contributed by atoms with Gasteiger partial charge in [-0.25, -0.2) is 0 Å². The van der Waals surface area contributed by atoms with Gasteiger partial charge in [0.1, 0.15) is 5.82 Å². The zero-order valence-corrected chi connectivity index (χ0v) is 12.6. The molecule has 2 rings (SSSR count). The molecule has 2 aromatic rings. The summed E-state index contributed by atoms with van der Waals surface area (Å²) in [5, 5.41) is 13.9. The van der Waals surface area contributed by atoms with Gasteiger partial charge >= 0.3 is 0 Å². The predicted octanol–water partition coefficient (Wildman–Crippen LogP) is 1.85. The molecule has 0 atom stereocenters. The number of nitrogens with zero attached hydrogens (tertiary/aromatic N) is 2. The molecule has 0 aliphatic heterocycles. The molecule has 2 N–H and O–H groups in total. The molecule has 6 nitrogen and oxygen atoms in total. The molecule has 116 valence electrons. The van der Waals surface area contributed by atoms with Crippen LogP contribution in [0.1, 0.15) is 22.5 Å². The van der Waals surface area contributed by atoms with Crippen molar-refractivity contribution in [1.29, 1.82) is 0 Å². The summed E-state index contributed by atoms with van der Waals surface area (Å²) in [5.74, 6) is 0.415. The van der Waals surface area contributed by atoms with E-state index < -0.39 is 0 Å². The minimum absolute atomic E-state index is 0.224. The Morgan fingerprint density at radius 1 is 1.14 bits per heavy atom. The molecule has 1 heterocycles. The van der Waals surface area contributed by atoms with Gasteiger partial charge in [0.2, 0.25) is 0 Å². The fourth-order valence-electron chi connectivity index (χ4n) is 1.85. The molecule has 0 radical (unpaired) electrons. The van der Waals surface area contributed by atoms with Crippen LogP contribution in [0.25, 0.3) is 0 Å². The SMILES string of the molecule is COCCCNC(=O)c1ccc(NCc2ccccc2)nn1. The third-order valence-electron chi connectivity index (χ3n) is 3.02. The number of carbonyl (C=O) groups excluding carboxylic acids is 1. The van der Waals surface area contributed by atoms with E-state index in [4.69, 9.17) is 4.74 Å². The van der Waals surface area contributed by atoms with E-state index in [1.54, 1.807) is 19.2 Å². The Labute approximate surface area is 129 Å². The molecule has 22 heavy (non-hydrogen) atoms. The monoisotopic (exact) mass is 300 g/mol. The lowest BCUT2D eigenvalue weighted by molar-refractivity contribution is 0.0942. The minimum Gasteiger partial charge on any atom is -0.385 e. The fourth-order valence-corrected chi connectivity index (χ4v) is 1.85. The molecule has 0 aliphatic rings. The van der Waals surface area contributed by atoms with Gasteiger partial charge in [0.25, 0.3) is 5.91 Å². The summed E-state index contributed by atoms with van der Waals surface area (Å²) in [4.78, 5) is 11.8. The van der Waals surface area contributed by atoms with Crippen molar-refractivity contribution in [2.75, 3.05) is 25.6 Å². The van der Waals surface area contributed by atoms with E-state index in [1.165, 1.54) is 0 Å². The number of hydrogen-bond acceptors (Lipinski definition) is 5. The molecule has 1 aromatic heterocycles. The average Bonchev–Trinajstić information content (AvgIpc) is 2.58. The van der Waals surface area contributed by atoms with Gasteiger partial charge in [-0.1, -0.05) is 30.3 Å². The van der Waals surface area contributed by atoms with Crippen LogP contribution in [0.15, 0.2) is 42.5 Å². The van der Waals surface area contributed by atoms with Crippen molar-refractivity contribution in [3.63, 3.8) is 0 Å². The molecule has 0 unspecified atom stereocenters. The number of rotatable bonds is 8. The predicted molar refractivity (Wildman–Crippen MR) is 84.6 cm³/mol. The summed E-state index contributed by atoms with van der Waals surface area (Å²) in [7, 11) is 1.63. The number of ether oxygens (including phenoxy) is 1. The molecule has 0 aliphatic carbocycles. The van der Waals surface area contributed by atoms with E-state index in [2.05, 4.69) is 20.8 Å². The van der Waals surface area contributed by atoms with Gasteiger partial charge < -0.3 is 15.4 Å². The lowest BCUT2D eigenvalue weighted by Gasteiger charge is -2.06. The summed E-state index contributed by atoms with van der Waals surface area (Å²) < 4.78 is 4.92. The van der Waals surface area contributed by atoms with Crippen molar-refractivity contribution in [1.82, 2.24) is 15.5 Å². The van der Waals surface area contributed by atoms with Crippen molar-refractivity contribution in [2.45, 2.75) is 13.0 Å². The van der Waals surface area contributed by atoms with Crippen LogP contribution in [0.4, 0.5) is 5.82 Å². The van der Waals surface area contributed by atoms with E-state index in [0.29, 0.717) is 31.2 Å². The standard InChI is InChI=1S/C16H20N4O2/c1-22-11-5-10-17-16(21)14-8-9-15(20-19-14)18-12-13-6-3-2-4-7-13/h2-4,6-9H,5,10-12H2,1H3,(H,17,21)(H,18,20). The van der Waals surface area contributed by atoms with E-state index in [0.717, 1.165) is 12.0 Å². The highest BCUT2D eigenvalue weighted by molar-refractivity contribution is 5.92. The third-order valence-corrected chi connectivity index (χ3v) is 3.02. The van der Waals surface area contributed by atoms with Gasteiger partial charge in [0.15, 0.2) is 5.69 Å². The molecule has 0 bridgehead atoms. The van der Waals surface area contributed by atoms with Crippen molar-refractivity contribution >= 4 is 11.7 Å². The number of methoxy groups -OCH3 is 1. The van der Waals surface area contributed by atoms with E-state index >= 15 is 0 Å². The molecule has 0 saturated carbocycles. The second kappa shape index (κ2) is 8.74. The van der Waals surface area contributed by atoms with Gasteiger partial charge in [0.05, 0.1) is 0 Å². The molecule has 6 heteroatoms. The molecular formula is C16H20N4O2. The number of aromatic nitrogens is 2. The maximum atomic E-state index is 11.8. The summed E-state index contributed by atoms with van der Waals surface area (Å²) in [6, 6.07) is 13.4. The Balaban J connectivity index is 1.81. The fraction of sp³-hybridized carbons (Fsp3) is 0.312. The largest absolute Gasteiger partial charge is 0.385 e. The van der Waals surface area contributed by atoms with Crippen molar-refractivity contribution in [3.05, 3.63) is 53.7 Å². The Kier molecular flexibility index (Phi) is 6.32. The number of nitrogens with one attached hydrogen (secondary N) is 2. The first-order chi connectivity index (χ1) is 10.8. The highest BCUT2D eigenvalue weighted by atomic mass is 16.5. The molecule has 1 amide bonds. The normalized spacial score (nSPS) is 10.2. The summed E-state index contributed by atoms with van der Waals surface area (Å²) in [5.41, 5.74) is 1.46. The molecule has 0 fully saturated rings. The van der Waals surface area contributed by atoms with E-state index in [9.17, 15) is 4.79 Å². The molecular weight excluding hydrogens is 280 g/mol. The summed E-state index contributed by atoms with van der Waals surface area (Å²) >= 11 is 0. The Morgan fingerprint density at radius 2 is 1.95 bits per heavy atom. The van der Waals surface area contributed by atoms with Gasteiger partial charge in [-0.15, -0.1) is 10.2 Å². The first-order valence-corrected chi connectivity index (χ1v) is 7.18. The zero-order chi connectivity index (χ0) is 15.6. The highest BCUT2D eigenvalue weighted by Crippen LogP contribution is 2.05. The highest BCUT2D eigenvalue weighted by Gasteiger charge is 2.07. The lowest BCUT2D eigenvalue weighted by Crippen LogP contribution is -2.26. The number of benzene rings is 1. The molecule has 0 saturated heterocycles. The van der Waals surface area contributed by atoms with Crippen LogP contribution in [0, 0.1) is 0 Å². The van der Waals surface area contributed by atoms with Gasteiger partial charge in [-0.05, 0) is 24.1 Å². The number of carbonyl (C=O) groups is 1. The van der Waals surface area contributed by atoms with Crippen LogP contribution >= 0.6 is 0 Å². The van der Waals surface area contributed by atoms with E-state index in [1.807, 2.05) is 30.3 Å². The van der Waals surface area contributed by atoms with Crippen LogP contribution in [0.2, 0.25) is 0 Å². The van der Waals surface area contributed by atoms with Gasteiger partial charge in [0, 0.05) is 26.8 Å². The Morgan fingerprint density at radius 3 is 2.64 bits per heavy atom. The van der Waals surface area contributed by atoms with E-state index in [-0.39, 0.29) is 5.91 Å². The Hall–Kier alpha value is -2.47. The first-order valence-electron chi connectivity index (χ1n) is 7.18. The Bertz CT molecular complexity index is 572. The maximum absolute atomic E-state index is 11.8. The second-order valence-electron chi connectivity index (χ2n) is 4.75. The van der Waals surface area contributed by atoms with Crippen molar-refractivity contribution in [2.24, 2.45) is 0 Å². The zero-order valence-electron chi connectivity index (χ0n) is 12.6. The summed E-state index contributed by atoms with van der Waals surface area (Å²) in [6.45, 7) is 1.84. The summed E-state index contributed by atoms with van der Waals surface area (Å²) in [6.07, 6.45) is 0.770. The smallest absolute Gasteiger partial charge is 0.271 e. The second-order valence-corrected chi connectivity index (χ2v) is 4.75. The minimum atomic E-state index is -0.224. The van der Waals surface area contributed by atoms with Crippen LogP contribution in [0.3, 0.4) is 0 Å². The molecule has 1 aromatic carbocycles. The number of hydrogen-bond donors (Lipinski definition) is 2. The third kappa shape index (κ3) is 5.14. The number of anilines is 1. The first kappa shape index (κ1) is 15.9. The average molecular weight is 300 g/mol. The topological polar surface area (TPSA) is 76.1 Å². The molecule has 0 spiro atoms. The van der Waals surface area contributed by atoms with Crippen molar-refractivity contribution in [3.8, 4) is 0 Å². The maximum Gasteiger partial charge on any atom is 0.271 e.